The molecule has 0 atom stereocenters. The lowest BCUT2D eigenvalue weighted by Crippen LogP contribution is -2.10. The minimum atomic E-state index is 0.857. The van der Waals surface area contributed by atoms with Crippen LogP contribution in [0.1, 0.15) is 0 Å². The summed E-state index contributed by atoms with van der Waals surface area (Å²) in [6.07, 6.45) is 0. The van der Waals surface area contributed by atoms with Crippen molar-refractivity contribution in [3.05, 3.63) is 249 Å². The first kappa shape index (κ1) is 38.2. The number of nitrogens with zero attached hydrogens (tertiary/aromatic N) is 3. The Morgan fingerprint density at radius 1 is 0.324 bits per heavy atom. The molecule has 4 nitrogen and oxygen atoms in total. The van der Waals surface area contributed by atoms with E-state index in [1.165, 1.54) is 49.2 Å². The summed E-state index contributed by atoms with van der Waals surface area (Å²) in [4.78, 5) is 2.39. The first-order valence-corrected chi connectivity index (χ1v) is 23.3. The number of aromatic nitrogens is 2. The van der Waals surface area contributed by atoms with Crippen molar-refractivity contribution in [1.82, 2.24) is 9.13 Å². The van der Waals surface area contributed by atoms with E-state index in [4.69, 9.17) is 4.42 Å². The number of rotatable bonds is 7. The highest BCUT2D eigenvalue weighted by molar-refractivity contribution is 6.20. The van der Waals surface area contributed by atoms with E-state index in [-0.39, 0.29) is 0 Å². The number of hydrogen-bond acceptors (Lipinski definition) is 2. The van der Waals surface area contributed by atoms with Gasteiger partial charge < -0.3 is 18.5 Å². The summed E-state index contributed by atoms with van der Waals surface area (Å²) in [5.74, 6) is 0. The van der Waals surface area contributed by atoms with Crippen LogP contribution in [0.3, 0.4) is 0 Å². The summed E-state index contributed by atoms with van der Waals surface area (Å²) in [5, 5.41) is 9.44. The molecule has 0 aliphatic carbocycles. The van der Waals surface area contributed by atoms with Crippen molar-refractivity contribution in [2.45, 2.75) is 0 Å². The molecule has 0 fully saturated rings. The molecule has 68 heavy (non-hydrogen) atoms. The van der Waals surface area contributed by atoms with Crippen LogP contribution in [0.4, 0.5) is 17.1 Å². The van der Waals surface area contributed by atoms with Gasteiger partial charge in [0.25, 0.3) is 0 Å². The lowest BCUT2D eigenvalue weighted by atomic mass is 9.98. The molecule has 14 aromatic rings. The number of furan rings is 1. The smallest absolute Gasteiger partial charge is 0.143 e. The SMILES string of the molecule is c1ccc(-n2c3ccccc3c3c(-c4ccc(N(c5ccc(-c6cccc(-n7c8ccccc8c8ccccc87)c6)cc5)c5cccc6oc7c8ccccc8ccc7c56)cc4)cccc32)cc1. The second kappa shape index (κ2) is 15.2. The Morgan fingerprint density at radius 2 is 0.882 bits per heavy atom. The number of fused-ring (bicyclic) bond motifs is 11. The quantitative estimate of drug-likeness (QED) is 0.160. The molecule has 0 N–H and O–H groups in total. The lowest BCUT2D eigenvalue weighted by Gasteiger charge is -2.26. The van der Waals surface area contributed by atoms with Crippen LogP contribution < -0.4 is 4.90 Å². The summed E-state index contributed by atoms with van der Waals surface area (Å²) in [6, 6.07) is 89.8. The van der Waals surface area contributed by atoms with Crippen molar-refractivity contribution in [2.24, 2.45) is 0 Å². The Hall–Kier alpha value is -9.12. The number of anilines is 3. The third-order valence-corrected chi connectivity index (χ3v) is 13.9. The first-order valence-electron chi connectivity index (χ1n) is 23.3. The molecular formula is C64H41N3O. The molecular weight excluding hydrogens is 827 g/mol. The van der Waals surface area contributed by atoms with E-state index >= 15 is 0 Å². The molecule has 11 aromatic carbocycles. The molecule has 0 aliphatic heterocycles. The molecule has 0 unspecified atom stereocenters. The summed E-state index contributed by atoms with van der Waals surface area (Å²) < 4.78 is 11.5. The summed E-state index contributed by atoms with van der Waals surface area (Å²) in [7, 11) is 0. The van der Waals surface area contributed by atoms with Crippen molar-refractivity contribution in [3.63, 3.8) is 0 Å². The predicted molar refractivity (Wildman–Crippen MR) is 285 cm³/mol. The Morgan fingerprint density at radius 3 is 1.62 bits per heavy atom. The number of benzene rings is 11. The largest absolute Gasteiger partial charge is 0.455 e. The van der Waals surface area contributed by atoms with Crippen LogP contribution in [-0.4, -0.2) is 9.13 Å². The lowest BCUT2D eigenvalue weighted by molar-refractivity contribution is 0.672. The second-order valence-electron chi connectivity index (χ2n) is 17.7. The zero-order valence-corrected chi connectivity index (χ0v) is 36.9. The Balaban J connectivity index is 0.914. The van der Waals surface area contributed by atoms with Gasteiger partial charge in [-0.1, -0.05) is 158 Å². The van der Waals surface area contributed by atoms with Crippen LogP contribution >= 0.6 is 0 Å². The van der Waals surface area contributed by atoms with Gasteiger partial charge in [0.1, 0.15) is 11.2 Å². The maximum atomic E-state index is 6.76. The van der Waals surface area contributed by atoms with Gasteiger partial charge in [0.15, 0.2) is 0 Å². The summed E-state index contributed by atoms with van der Waals surface area (Å²) in [6.45, 7) is 0. The van der Waals surface area contributed by atoms with Crippen LogP contribution in [-0.2, 0) is 0 Å². The maximum absolute atomic E-state index is 6.76. The minimum absolute atomic E-state index is 0.857. The molecule has 0 aliphatic rings. The van der Waals surface area contributed by atoms with E-state index in [1.54, 1.807) is 0 Å². The van der Waals surface area contributed by atoms with E-state index < -0.39 is 0 Å². The monoisotopic (exact) mass is 867 g/mol. The van der Waals surface area contributed by atoms with Gasteiger partial charge >= 0.3 is 0 Å². The van der Waals surface area contributed by atoms with Crippen LogP contribution in [0.2, 0.25) is 0 Å². The third-order valence-electron chi connectivity index (χ3n) is 13.9. The summed E-state index contributed by atoms with van der Waals surface area (Å²) in [5.41, 5.74) is 16.7. The second-order valence-corrected chi connectivity index (χ2v) is 17.7. The zero-order valence-electron chi connectivity index (χ0n) is 36.9. The van der Waals surface area contributed by atoms with Gasteiger partial charge in [0.05, 0.1) is 33.1 Å². The van der Waals surface area contributed by atoms with Crippen molar-refractivity contribution in [2.75, 3.05) is 4.90 Å². The van der Waals surface area contributed by atoms with E-state index in [9.17, 15) is 0 Å². The summed E-state index contributed by atoms with van der Waals surface area (Å²) >= 11 is 0. The third kappa shape index (κ3) is 5.87. The van der Waals surface area contributed by atoms with Crippen LogP contribution in [0, 0.1) is 0 Å². The fraction of sp³-hybridized carbons (Fsp3) is 0. The van der Waals surface area contributed by atoms with E-state index in [0.29, 0.717) is 0 Å². The van der Waals surface area contributed by atoms with E-state index in [0.717, 1.165) is 77.8 Å². The van der Waals surface area contributed by atoms with Gasteiger partial charge in [0, 0.05) is 55.1 Å². The van der Waals surface area contributed by atoms with Crippen molar-refractivity contribution in [1.29, 1.82) is 0 Å². The molecule has 0 saturated heterocycles. The van der Waals surface area contributed by atoms with Crippen molar-refractivity contribution in [3.8, 4) is 33.6 Å². The Labute approximate surface area is 392 Å². The van der Waals surface area contributed by atoms with Crippen molar-refractivity contribution >= 4 is 93.4 Å². The highest BCUT2D eigenvalue weighted by atomic mass is 16.3. The average molecular weight is 868 g/mol. The van der Waals surface area contributed by atoms with E-state index in [1.807, 2.05) is 0 Å². The van der Waals surface area contributed by atoms with Gasteiger partial charge in [-0.25, -0.2) is 0 Å². The minimum Gasteiger partial charge on any atom is -0.455 e. The molecule has 0 spiro atoms. The van der Waals surface area contributed by atoms with Gasteiger partial charge in [-0.3, -0.25) is 0 Å². The number of para-hydroxylation sites is 4. The van der Waals surface area contributed by atoms with Gasteiger partial charge in [-0.05, 0) is 119 Å². The predicted octanol–water partition coefficient (Wildman–Crippen LogP) is 17.7. The molecule has 3 aromatic heterocycles. The van der Waals surface area contributed by atoms with Crippen LogP contribution in [0.5, 0.6) is 0 Å². The molecule has 0 radical (unpaired) electrons. The highest BCUT2D eigenvalue weighted by Crippen LogP contribution is 2.46. The molecule has 14 rings (SSSR count). The fourth-order valence-electron chi connectivity index (χ4n) is 10.9. The van der Waals surface area contributed by atoms with Crippen molar-refractivity contribution < 1.29 is 4.42 Å². The first-order chi connectivity index (χ1) is 33.7. The maximum Gasteiger partial charge on any atom is 0.143 e. The highest BCUT2D eigenvalue weighted by Gasteiger charge is 2.22. The van der Waals surface area contributed by atoms with Crippen LogP contribution in [0.15, 0.2) is 253 Å². The molecule has 0 amide bonds. The standard InChI is InChI=1S/C64H41N3O/c1-2-17-46(18-3-1)66-58-27-11-8-23-54(58)62-50(24-13-28-59(62)66)44-33-38-48(39-34-44)65(60-29-14-30-61-63(60)55-40-35-43-15-4-5-20-51(43)64(55)68-61)47-36-31-42(32-37-47)45-16-12-19-49(41-45)67-56-25-9-6-21-52(56)53-22-7-10-26-57(53)67/h1-41H. The Bertz CT molecular complexity index is 4200. The molecule has 3 heterocycles. The topological polar surface area (TPSA) is 26.2 Å². The molecule has 0 bridgehead atoms. The number of hydrogen-bond donors (Lipinski definition) is 0. The van der Waals surface area contributed by atoms with Gasteiger partial charge in [-0.15, -0.1) is 0 Å². The van der Waals surface area contributed by atoms with Gasteiger partial charge in [0.2, 0.25) is 0 Å². The average Bonchev–Trinajstić information content (AvgIpc) is 4.08. The zero-order chi connectivity index (χ0) is 44.7. The molecule has 318 valence electrons. The normalized spacial score (nSPS) is 11.8. The van der Waals surface area contributed by atoms with Gasteiger partial charge in [-0.2, -0.15) is 0 Å². The molecule has 4 heteroatoms. The fourth-order valence-corrected chi connectivity index (χ4v) is 10.9. The molecule has 0 saturated carbocycles. The van der Waals surface area contributed by atoms with Crippen LogP contribution in [0.25, 0.3) is 110 Å². The Kier molecular flexibility index (Phi) is 8.55. The van der Waals surface area contributed by atoms with E-state index in [2.05, 4.69) is 263 Å².